The lowest BCUT2D eigenvalue weighted by Gasteiger charge is -2.22. The van der Waals surface area contributed by atoms with Crippen molar-refractivity contribution in [2.24, 2.45) is 15.0 Å². The summed E-state index contributed by atoms with van der Waals surface area (Å²) in [7, 11) is 4.55. The number of aromatic nitrogens is 1. The molecular formula is C21H19ClF2N6OS. The van der Waals surface area contributed by atoms with E-state index < -0.39 is 11.6 Å². The highest BCUT2D eigenvalue weighted by Crippen LogP contribution is 2.35. The molecule has 32 heavy (non-hydrogen) atoms. The third-order valence-corrected chi connectivity index (χ3v) is 5.39. The summed E-state index contributed by atoms with van der Waals surface area (Å²) in [6, 6.07) is 4.08. The van der Waals surface area contributed by atoms with Gasteiger partial charge in [-0.3, -0.25) is 15.0 Å². The number of benzene rings is 1. The molecular weight excluding hydrogens is 458 g/mol. The first-order valence-corrected chi connectivity index (χ1v) is 10.3. The van der Waals surface area contributed by atoms with E-state index in [1.54, 1.807) is 19.2 Å². The smallest absolute Gasteiger partial charge is 0.228 e. The van der Waals surface area contributed by atoms with Crippen LogP contribution in [0, 0.1) is 11.6 Å². The first-order chi connectivity index (χ1) is 15.4. The van der Waals surface area contributed by atoms with E-state index in [1.165, 1.54) is 38.7 Å². The molecule has 2 aromatic rings. The summed E-state index contributed by atoms with van der Waals surface area (Å²) in [6.07, 6.45) is 4.43. The summed E-state index contributed by atoms with van der Waals surface area (Å²) in [5.41, 5.74) is 0.503. The molecule has 0 amide bonds. The Morgan fingerprint density at radius 3 is 2.66 bits per heavy atom. The van der Waals surface area contributed by atoms with E-state index in [0.717, 1.165) is 11.9 Å². The highest BCUT2D eigenvalue weighted by atomic mass is 35.5. The van der Waals surface area contributed by atoms with Gasteiger partial charge in [0.2, 0.25) is 5.88 Å². The van der Waals surface area contributed by atoms with Crippen LogP contribution in [0.4, 0.5) is 14.5 Å². The number of nitrogens with one attached hydrogen (secondary N) is 2. The quantitative estimate of drug-likeness (QED) is 0.463. The van der Waals surface area contributed by atoms with Crippen LogP contribution < -0.4 is 14.8 Å². The summed E-state index contributed by atoms with van der Waals surface area (Å²) in [5.74, 6) is -0.532. The van der Waals surface area contributed by atoms with Crippen LogP contribution in [-0.2, 0) is 0 Å². The number of hydrogen-bond acceptors (Lipinski definition) is 7. The van der Waals surface area contributed by atoms with Gasteiger partial charge in [0.05, 0.1) is 28.3 Å². The molecule has 1 aromatic heterocycles. The number of ether oxygens (including phenoxy) is 1. The van der Waals surface area contributed by atoms with E-state index in [2.05, 4.69) is 36.7 Å². The third kappa shape index (κ3) is 4.81. The van der Waals surface area contributed by atoms with Gasteiger partial charge in [0.25, 0.3) is 0 Å². The maximum absolute atomic E-state index is 15.5. The van der Waals surface area contributed by atoms with Gasteiger partial charge in [-0.2, -0.15) is 0 Å². The molecule has 1 aliphatic rings. The number of nitrogens with zero attached hydrogens (tertiary/aromatic N) is 4. The number of methoxy groups -OCH3 is 1. The topological polar surface area (TPSA) is 83.3 Å². The molecule has 11 heteroatoms. The van der Waals surface area contributed by atoms with Crippen LogP contribution in [0.5, 0.6) is 5.88 Å². The lowest BCUT2D eigenvalue weighted by molar-refractivity contribution is 0.387. The Hall–Kier alpha value is -3.24. The number of pyridine rings is 1. The Bertz CT molecular complexity index is 1180. The number of anilines is 1. The van der Waals surface area contributed by atoms with Crippen molar-refractivity contribution in [1.82, 2.24) is 10.3 Å². The van der Waals surface area contributed by atoms with Gasteiger partial charge in [0.1, 0.15) is 17.5 Å². The predicted molar refractivity (Wildman–Crippen MR) is 127 cm³/mol. The normalized spacial score (nSPS) is 17.3. The fourth-order valence-corrected chi connectivity index (χ4v) is 3.92. The van der Waals surface area contributed by atoms with Crippen LogP contribution in [0.25, 0.3) is 5.57 Å². The average molecular weight is 477 g/mol. The molecule has 0 saturated heterocycles. The second kappa shape index (κ2) is 10.4. The van der Waals surface area contributed by atoms with Gasteiger partial charge in [-0.25, -0.2) is 13.8 Å². The van der Waals surface area contributed by atoms with Crippen LogP contribution in [0.1, 0.15) is 5.56 Å². The molecule has 2 N–H and O–H groups in total. The average Bonchev–Trinajstić information content (AvgIpc) is 2.79. The maximum atomic E-state index is 15.5. The number of amidine groups is 2. The molecule has 2 heterocycles. The summed E-state index contributed by atoms with van der Waals surface area (Å²) in [5, 5.41) is 3.36. The zero-order chi connectivity index (χ0) is 23.3. The van der Waals surface area contributed by atoms with E-state index >= 15 is 4.39 Å². The fourth-order valence-electron chi connectivity index (χ4n) is 2.92. The molecule has 0 saturated carbocycles. The zero-order valence-electron chi connectivity index (χ0n) is 17.4. The molecule has 166 valence electrons. The van der Waals surface area contributed by atoms with Crippen molar-refractivity contribution in [3.63, 3.8) is 0 Å². The van der Waals surface area contributed by atoms with Gasteiger partial charge in [0, 0.05) is 37.6 Å². The molecule has 0 unspecified atom stereocenters. The molecule has 0 fully saturated rings. The van der Waals surface area contributed by atoms with E-state index in [-0.39, 0.29) is 22.7 Å². The minimum atomic E-state index is -0.802. The summed E-state index contributed by atoms with van der Waals surface area (Å²) < 4.78 is 38.4. The second-order valence-corrected chi connectivity index (χ2v) is 7.53. The van der Waals surface area contributed by atoms with Crippen molar-refractivity contribution in [2.45, 2.75) is 4.90 Å². The van der Waals surface area contributed by atoms with Gasteiger partial charge in [-0.15, -0.1) is 0 Å². The Morgan fingerprint density at radius 1 is 1.25 bits per heavy atom. The first-order valence-electron chi connectivity index (χ1n) is 9.13. The molecule has 0 spiro atoms. The summed E-state index contributed by atoms with van der Waals surface area (Å²) in [4.78, 5) is 16.6. The van der Waals surface area contributed by atoms with Gasteiger partial charge in [-0.05, 0) is 42.9 Å². The molecule has 0 radical (unpaired) electrons. The monoisotopic (exact) mass is 476 g/mol. The zero-order valence-corrected chi connectivity index (χ0v) is 19.0. The van der Waals surface area contributed by atoms with Crippen molar-refractivity contribution >= 4 is 53.2 Å². The summed E-state index contributed by atoms with van der Waals surface area (Å²) >= 11 is 7.02. The van der Waals surface area contributed by atoms with Crippen LogP contribution in [0.3, 0.4) is 0 Å². The van der Waals surface area contributed by atoms with E-state index in [9.17, 15) is 4.39 Å². The third-order valence-electron chi connectivity index (χ3n) is 4.35. The number of halogens is 3. The minimum absolute atomic E-state index is 0.0483. The van der Waals surface area contributed by atoms with Gasteiger partial charge in [-0.1, -0.05) is 11.6 Å². The molecule has 1 aliphatic heterocycles. The van der Waals surface area contributed by atoms with Gasteiger partial charge in [0.15, 0.2) is 5.82 Å². The number of rotatable bonds is 6. The standard InChI is InChI=1S/C21H19ClF2N6OS/c1-25-9-11-7-13(20(27-3)29-19(11)26-2)17-14(23)5-6-15(18(17)24)30-32-16-8-12(22)10-28-21(16)31-4/h5-10,30H,1H2,2-4H3,(H,26,27,29)/b11-9-. The van der Waals surface area contributed by atoms with E-state index in [0.29, 0.717) is 27.2 Å². The van der Waals surface area contributed by atoms with Crippen molar-refractivity contribution < 1.29 is 13.5 Å². The first kappa shape index (κ1) is 23.4. The largest absolute Gasteiger partial charge is 0.480 e. The summed E-state index contributed by atoms with van der Waals surface area (Å²) in [6.45, 7) is 3.43. The van der Waals surface area contributed by atoms with Crippen LogP contribution >= 0.6 is 23.5 Å². The predicted octanol–water partition coefficient (Wildman–Crippen LogP) is 4.77. The second-order valence-electron chi connectivity index (χ2n) is 6.24. The van der Waals surface area contributed by atoms with Crippen molar-refractivity contribution in [1.29, 1.82) is 0 Å². The Kier molecular flexibility index (Phi) is 7.60. The van der Waals surface area contributed by atoms with Crippen molar-refractivity contribution in [3.8, 4) is 5.88 Å². The number of aliphatic imine (C=N–C) groups is 3. The molecule has 0 bridgehead atoms. The lowest BCUT2D eigenvalue weighted by atomic mass is 9.96. The Labute approximate surface area is 193 Å². The van der Waals surface area contributed by atoms with E-state index in [4.69, 9.17) is 16.3 Å². The Morgan fingerprint density at radius 2 is 2.00 bits per heavy atom. The molecule has 0 aliphatic carbocycles. The molecule has 1 aromatic carbocycles. The number of hydrogen-bond donors (Lipinski definition) is 2. The van der Waals surface area contributed by atoms with E-state index in [1.807, 2.05) is 0 Å². The molecule has 0 atom stereocenters. The lowest BCUT2D eigenvalue weighted by Crippen LogP contribution is -2.36. The minimum Gasteiger partial charge on any atom is -0.480 e. The fraction of sp³-hybridized carbons (Fsp3) is 0.143. The van der Waals surface area contributed by atoms with Gasteiger partial charge >= 0.3 is 0 Å². The highest BCUT2D eigenvalue weighted by molar-refractivity contribution is 8.00. The molecule has 7 nitrogen and oxygen atoms in total. The SMILES string of the molecule is C=N/C=C1/C=C(c2c(F)ccc(NSc3cc(Cl)cnc3OC)c2F)C(=NC)NC1=NC. The molecule has 3 rings (SSSR count). The van der Waals surface area contributed by atoms with Crippen molar-refractivity contribution in [2.75, 3.05) is 25.9 Å². The van der Waals surface area contributed by atoms with Crippen molar-refractivity contribution in [3.05, 3.63) is 64.5 Å². The van der Waals surface area contributed by atoms with Crippen LogP contribution in [-0.4, -0.2) is 44.6 Å². The van der Waals surface area contributed by atoms with Crippen LogP contribution in [0.15, 0.2) is 62.1 Å². The van der Waals surface area contributed by atoms with Crippen LogP contribution in [0.2, 0.25) is 5.02 Å². The maximum Gasteiger partial charge on any atom is 0.228 e. The Balaban J connectivity index is 2.04. The van der Waals surface area contributed by atoms with Gasteiger partial charge < -0.3 is 14.8 Å². The highest BCUT2D eigenvalue weighted by Gasteiger charge is 2.26.